The van der Waals surface area contributed by atoms with Gasteiger partial charge in [-0.25, -0.2) is 0 Å². The molecular formula is C18H27NO2. The van der Waals surface area contributed by atoms with Gasteiger partial charge in [0.2, 0.25) is 0 Å². The number of benzene rings is 1. The third-order valence-electron chi connectivity index (χ3n) is 4.64. The molecule has 0 unspecified atom stereocenters. The first-order valence-corrected chi connectivity index (χ1v) is 8.06. The van der Waals surface area contributed by atoms with E-state index >= 15 is 0 Å². The summed E-state index contributed by atoms with van der Waals surface area (Å²) in [7, 11) is 4.07. The maximum atomic E-state index is 13.3. The minimum Gasteiger partial charge on any atom is -0.493 e. The number of carbonyl (C=O) groups excluding carboxylic acids is 1. The van der Waals surface area contributed by atoms with E-state index in [9.17, 15) is 4.79 Å². The molecule has 0 amide bonds. The quantitative estimate of drug-likeness (QED) is 0.608. The molecule has 1 saturated carbocycles. The molecule has 0 N–H and O–H groups in total. The summed E-state index contributed by atoms with van der Waals surface area (Å²) in [5.41, 5.74) is 0.360. The lowest BCUT2D eigenvalue weighted by atomic mass is 9.81. The molecule has 0 aromatic heterocycles. The second-order valence-electron chi connectivity index (χ2n) is 6.10. The first-order valence-electron chi connectivity index (χ1n) is 8.06. The van der Waals surface area contributed by atoms with Crippen LogP contribution in [0.2, 0.25) is 0 Å². The van der Waals surface area contributed by atoms with E-state index in [1.165, 1.54) is 12.8 Å². The van der Waals surface area contributed by atoms with E-state index in [-0.39, 0.29) is 11.3 Å². The van der Waals surface area contributed by atoms with Gasteiger partial charge in [0.1, 0.15) is 5.75 Å². The predicted octanol–water partition coefficient (Wildman–Crippen LogP) is 3.92. The van der Waals surface area contributed by atoms with Crippen LogP contribution in [0.3, 0.4) is 0 Å². The lowest BCUT2D eigenvalue weighted by molar-refractivity contribution is 0.0631. The summed E-state index contributed by atoms with van der Waals surface area (Å²) >= 11 is 0. The largest absolute Gasteiger partial charge is 0.493 e. The number of Topliss-reactive ketones (excluding diaryl/α,β-unsaturated/α-hetero) is 1. The molecule has 0 heterocycles. The average Bonchev–Trinajstić information content (AvgIpc) is 2.74. The fourth-order valence-corrected chi connectivity index (χ4v) is 3.38. The van der Waals surface area contributed by atoms with Crippen LogP contribution in [-0.2, 0) is 0 Å². The van der Waals surface area contributed by atoms with Crippen molar-refractivity contribution in [2.24, 2.45) is 0 Å². The molecule has 0 saturated heterocycles. The van der Waals surface area contributed by atoms with Gasteiger partial charge in [0.15, 0.2) is 5.78 Å². The number of rotatable bonds is 5. The molecule has 3 nitrogen and oxygen atoms in total. The molecule has 1 aromatic carbocycles. The summed E-state index contributed by atoms with van der Waals surface area (Å²) in [6.45, 7) is 2.54. The van der Waals surface area contributed by atoms with Crippen molar-refractivity contribution in [1.82, 2.24) is 4.90 Å². The van der Waals surface area contributed by atoms with E-state index in [0.717, 1.165) is 37.0 Å². The van der Waals surface area contributed by atoms with Gasteiger partial charge >= 0.3 is 0 Å². The van der Waals surface area contributed by atoms with E-state index in [2.05, 4.69) is 4.90 Å². The van der Waals surface area contributed by atoms with Crippen molar-refractivity contribution in [2.45, 2.75) is 51.0 Å². The smallest absolute Gasteiger partial charge is 0.186 e. The third kappa shape index (κ3) is 3.29. The SMILES string of the molecule is CCOc1ccccc1C(=O)C1(N(C)C)CCCCCC1. The Morgan fingerprint density at radius 3 is 2.33 bits per heavy atom. The zero-order valence-corrected chi connectivity index (χ0v) is 13.5. The van der Waals surface area contributed by atoms with Gasteiger partial charge in [0, 0.05) is 0 Å². The zero-order chi connectivity index (χ0) is 15.3. The van der Waals surface area contributed by atoms with Crippen LogP contribution in [0, 0.1) is 0 Å². The highest BCUT2D eigenvalue weighted by Gasteiger charge is 2.41. The molecule has 21 heavy (non-hydrogen) atoms. The number of hydrogen-bond acceptors (Lipinski definition) is 3. The van der Waals surface area contributed by atoms with E-state index in [1.54, 1.807) is 0 Å². The molecule has 1 fully saturated rings. The second-order valence-corrected chi connectivity index (χ2v) is 6.10. The highest BCUT2D eigenvalue weighted by atomic mass is 16.5. The van der Waals surface area contributed by atoms with Crippen molar-refractivity contribution in [3.8, 4) is 5.75 Å². The molecule has 1 aliphatic rings. The van der Waals surface area contributed by atoms with Crippen LogP contribution in [0.4, 0.5) is 0 Å². The van der Waals surface area contributed by atoms with Crippen LogP contribution in [0.1, 0.15) is 55.8 Å². The first-order chi connectivity index (χ1) is 10.1. The minimum atomic E-state index is -0.371. The van der Waals surface area contributed by atoms with Crippen LogP contribution in [0.25, 0.3) is 0 Å². The summed E-state index contributed by atoms with van der Waals surface area (Å²) in [5.74, 6) is 0.939. The molecule has 0 aliphatic heterocycles. The second kappa shape index (κ2) is 7.08. The van der Waals surface area contributed by atoms with Gasteiger partial charge < -0.3 is 4.74 Å². The topological polar surface area (TPSA) is 29.5 Å². The molecule has 2 rings (SSSR count). The van der Waals surface area contributed by atoms with Gasteiger partial charge in [0.25, 0.3) is 0 Å². The molecular weight excluding hydrogens is 262 g/mol. The summed E-state index contributed by atoms with van der Waals surface area (Å²) in [6, 6.07) is 7.66. The number of nitrogens with zero attached hydrogens (tertiary/aromatic N) is 1. The number of hydrogen-bond donors (Lipinski definition) is 0. The van der Waals surface area contributed by atoms with Crippen molar-refractivity contribution in [3.63, 3.8) is 0 Å². The number of ether oxygens (including phenoxy) is 1. The number of para-hydroxylation sites is 1. The highest BCUT2D eigenvalue weighted by Crippen LogP contribution is 2.36. The van der Waals surface area contributed by atoms with E-state index in [4.69, 9.17) is 4.74 Å². The predicted molar refractivity (Wildman–Crippen MR) is 86.1 cm³/mol. The van der Waals surface area contributed by atoms with Gasteiger partial charge in [-0.3, -0.25) is 9.69 Å². The highest BCUT2D eigenvalue weighted by molar-refractivity contribution is 6.05. The Bertz CT molecular complexity index is 474. The normalized spacial score (nSPS) is 18.3. The Morgan fingerprint density at radius 2 is 1.76 bits per heavy atom. The van der Waals surface area contributed by atoms with Crippen LogP contribution >= 0.6 is 0 Å². The lowest BCUT2D eigenvalue weighted by Crippen LogP contribution is -2.50. The van der Waals surface area contributed by atoms with Crippen molar-refractivity contribution in [3.05, 3.63) is 29.8 Å². The Balaban J connectivity index is 2.39. The maximum absolute atomic E-state index is 13.3. The van der Waals surface area contributed by atoms with Crippen LogP contribution < -0.4 is 4.74 Å². The van der Waals surface area contributed by atoms with Gasteiger partial charge in [0.05, 0.1) is 17.7 Å². The molecule has 3 heteroatoms. The summed E-state index contributed by atoms with van der Waals surface area (Å²) in [4.78, 5) is 15.4. The van der Waals surface area contributed by atoms with Gasteiger partial charge in [-0.2, -0.15) is 0 Å². The fourth-order valence-electron chi connectivity index (χ4n) is 3.38. The van der Waals surface area contributed by atoms with E-state index in [1.807, 2.05) is 45.3 Å². The number of likely N-dealkylation sites (N-methyl/N-ethyl adjacent to an activating group) is 1. The summed E-state index contributed by atoms with van der Waals surface area (Å²) < 4.78 is 5.67. The van der Waals surface area contributed by atoms with Crippen LogP contribution in [0.15, 0.2) is 24.3 Å². The molecule has 116 valence electrons. The lowest BCUT2D eigenvalue weighted by Gasteiger charge is -2.38. The van der Waals surface area contributed by atoms with Gasteiger partial charge in [-0.05, 0) is 46.0 Å². The fraction of sp³-hybridized carbons (Fsp3) is 0.611. The minimum absolute atomic E-state index is 0.221. The molecule has 1 aliphatic carbocycles. The summed E-state index contributed by atoms with van der Waals surface area (Å²) in [6.07, 6.45) is 6.60. The Hall–Kier alpha value is -1.35. The third-order valence-corrected chi connectivity index (χ3v) is 4.64. The van der Waals surface area contributed by atoms with Crippen molar-refractivity contribution < 1.29 is 9.53 Å². The van der Waals surface area contributed by atoms with Crippen molar-refractivity contribution in [2.75, 3.05) is 20.7 Å². The first kappa shape index (κ1) is 16.0. The van der Waals surface area contributed by atoms with E-state index in [0.29, 0.717) is 6.61 Å². The Kier molecular flexibility index (Phi) is 5.40. The molecule has 1 aromatic rings. The van der Waals surface area contributed by atoms with Crippen molar-refractivity contribution in [1.29, 1.82) is 0 Å². The Morgan fingerprint density at radius 1 is 1.14 bits per heavy atom. The standard InChI is InChI=1S/C18H27NO2/c1-4-21-16-12-8-7-11-15(16)17(20)18(19(2)3)13-9-5-6-10-14-18/h7-8,11-12H,4-6,9-10,13-14H2,1-3H3. The monoisotopic (exact) mass is 289 g/mol. The van der Waals surface area contributed by atoms with Gasteiger partial charge in [-0.1, -0.05) is 37.8 Å². The molecule has 0 bridgehead atoms. The molecule has 0 atom stereocenters. The van der Waals surface area contributed by atoms with Crippen molar-refractivity contribution >= 4 is 5.78 Å². The van der Waals surface area contributed by atoms with Crippen LogP contribution in [-0.4, -0.2) is 36.9 Å². The molecule has 0 radical (unpaired) electrons. The Labute approximate surface area is 128 Å². The average molecular weight is 289 g/mol. The number of carbonyl (C=O) groups is 1. The van der Waals surface area contributed by atoms with Gasteiger partial charge in [-0.15, -0.1) is 0 Å². The molecule has 0 spiro atoms. The summed E-state index contributed by atoms with van der Waals surface area (Å²) in [5, 5.41) is 0. The van der Waals surface area contributed by atoms with Crippen LogP contribution in [0.5, 0.6) is 5.75 Å². The number of ketones is 1. The zero-order valence-electron chi connectivity index (χ0n) is 13.5. The maximum Gasteiger partial charge on any atom is 0.186 e. The van der Waals surface area contributed by atoms with E-state index < -0.39 is 0 Å².